The molecule has 1 saturated carbocycles. The zero-order valence-electron chi connectivity index (χ0n) is 14.2. The summed E-state index contributed by atoms with van der Waals surface area (Å²) in [5, 5.41) is 3.55. The van der Waals surface area contributed by atoms with Gasteiger partial charge in [0, 0.05) is 37.5 Å². The third-order valence-electron chi connectivity index (χ3n) is 5.14. The van der Waals surface area contributed by atoms with E-state index in [0.29, 0.717) is 30.5 Å². The van der Waals surface area contributed by atoms with Gasteiger partial charge in [0.2, 0.25) is 5.88 Å². The molecule has 0 radical (unpaired) electrons. The zero-order valence-corrected chi connectivity index (χ0v) is 14.2. The first kappa shape index (κ1) is 15.8. The van der Waals surface area contributed by atoms with Crippen molar-refractivity contribution in [3.63, 3.8) is 0 Å². The Morgan fingerprint density at radius 3 is 3.12 bits per heavy atom. The van der Waals surface area contributed by atoms with E-state index in [2.05, 4.69) is 20.3 Å². The smallest absolute Gasteiger partial charge is 0.255 e. The Balaban J connectivity index is 1.49. The molecule has 2 aliphatic rings. The first-order chi connectivity index (χ1) is 12.2. The Hall–Kier alpha value is -2.70. The van der Waals surface area contributed by atoms with Gasteiger partial charge in [0.05, 0.1) is 17.7 Å². The predicted octanol–water partition coefficient (Wildman–Crippen LogP) is 1.99. The lowest BCUT2D eigenvalue weighted by atomic mass is 9.69. The summed E-state index contributed by atoms with van der Waals surface area (Å²) < 4.78 is 5.44. The topological polar surface area (TPSA) is 80.2 Å². The number of nitrogens with one attached hydrogen (secondary N) is 1. The lowest BCUT2D eigenvalue weighted by molar-refractivity contribution is 0.0786. The third kappa shape index (κ3) is 2.90. The van der Waals surface area contributed by atoms with Gasteiger partial charge in [-0.2, -0.15) is 0 Å². The van der Waals surface area contributed by atoms with Crippen LogP contribution in [0.15, 0.2) is 36.9 Å². The molecule has 4 rings (SSSR count). The van der Waals surface area contributed by atoms with E-state index in [1.165, 1.54) is 6.33 Å². The number of fused-ring (bicyclic) bond motifs is 1. The number of hydrogen-bond donors (Lipinski definition) is 1. The summed E-state index contributed by atoms with van der Waals surface area (Å²) in [6.07, 6.45) is 6.96. The van der Waals surface area contributed by atoms with E-state index in [1.54, 1.807) is 18.5 Å². The molecule has 1 N–H and O–H groups in total. The van der Waals surface area contributed by atoms with Crippen molar-refractivity contribution in [2.24, 2.45) is 5.92 Å². The highest BCUT2D eigenvalue weighted by Crippen LogP contribution is 2.46. The fourth-order valence-corrected chi connectivity index (χ4v) is 3.76. The van der Waals surface area contributed by atoms with Crippen LogP contribution >= 0.6 is 0 Å². The van der Waals surface area contributed by atoms with Crippen molar-refractivity contribution in [2.75, 3.05) is 25.0 Å². The molecule has 2 fully saturated rings. The van der Waals surface area contributed by atoms with Crippen LogP contribution in [0.25, 0.3) is 0 Å². The van der Waals surface area contributed by atoms with E-state index < -0.39 is 0 Å². The highest BCUT2D eigenvalue weighted by Gasteiger charge is 2.54. The third-order valence-corrected chi connectivity index (χ3v) is 5.14. The normalized spacial score (nSPS) is 24.4. The minimum atomic E-state index is -0.101. The number of anilines is 1. The standard InChI is InChI=1S/C18H21N5O2/c1-2-25-16-8-15(20-12-21-16)22-18-6-5-14(18)10-23(11-18)17(24)13-4-3-7-19-9-13/h3-4,7-9,12,14H,2,5-6,10-11H2,1H3,(H,20,21,22). The first-order valence-electron chi connectivity index (χ1n) is 8.62. The number of carbonyl (C=O) groups is 1. The van der Waals surface area contributed by atoms with Gasteiger partial charge in [0.1, 0.15) is 12.1 Å². The number of likely N-dealkylation sites (tertiary alicyclic amines) is 1. The molecule has 25 heavy (non-hydrogen) atoms. The van der Waals surface area contributed by atoms with Crippen LogP contribution in [0, 0.1) is 5.92 Å². The second-order valence-electron chi connectivity index (χ2n) is 6.62. The molecule has 130 valence electrons. The zero-order chi connectivity index (χ0) is 17.3. The summed E-state index contributed by atoms with van der Waals surface area (Å²) in [5.74, 6) is 1.80. The predicted molar refractivity (Wildman–Crippen MR) is 92.4 cm³/mol. The first-order valence-corrected chi connectivity index (χ1v) is 8.62. The van der Waals surface area contributed by atoms with Gasteiger partial charge in [-0.25, -0.2) is 9.97 Å². The van der Waals surface area contributed by atoms with Crippen molar-refractivity contribution in [2.45, 2.75) is 25.3 Å². The minimum absolute atomic E-state index is 0.0429. The lowest BCUT2D eigenvalue weighted by Crippen LogP contribution is -2.53. The SMILES string of the molecule is CCOc1cc(NC23CCC2CN(C(=O)c2cccnc2)C3)ncn1. The van der Waals surface area contributed by atoms with Crippen molar-refractivity contribution in [1.29, 1.82) is 0 Å². The van der Waals surface area contributed by atoms with E-state index in [4.69, 9.17) is 4.74 Å². The van der Waals surface area contributed by atoms with Gasteiger partial charge in [-0.05, 0) is 31.9 Å². The average molecular weight is 339 g/mol. The lowest BCUT2D eigenvalue weighted by Gasteiger charge is -2.44. The van der Waals surface area contributed by atoms with Gasteiger partial charge >= 0.3 is 0 Å². The molecule has 1 aliphatic heterocycles. The number of pyridine rings is 1. The molecule has 0 aromatic carbocycles. The van der Waals surface area contributed by atoms with Crippen LogP contribution in [-0.4, -0.2) is 51.0 Å². The summed E-state index contributed by atoms with van der Waals surface area (Å²) >= 11 is 0. The monoisotopic (exact) mass is 339 g/mol. The highest BCUT2D eigenvalue weighted by atomic mass is 16.5. The van der Waals surface area contributed by atoms with E-state index in [0.717, 1.165) is 25.2 Å². The van der Waals surface area contributed by atoms with Crippen LogP contribution in [0.2, 0.25) is 0 Å². The van der Waals surface area contributed by atoms with Crippen LogP contribution in [0.3, 0.4) is 0 Å². The maximum Gasteiger partial charge on any atom is 0.255 e. The van der Waals surface area contributed by atoms with Gasteiger partial charge in [-0.15, -0.1) is 0 Å². The summed E-state index contributed by atoms with van der Waals surface area (Å²) in [7, 11) is 0. The molecule has 1 amide bonds. The molecular formula is C18H21N5O2. The van der Waals surface area contributed by atoms with Gasteiger partial charge in [0.25, 0.3) is 5.91 Å². The summed E-state index contributed by atoms with van der Waals surface area (Å²) in [6, 6.07) is 5.43. The van der Waals surface area contributed by atoms with Crippen molar-refractivity contribution < 1.29 is 9.53 Å². The fraction of sp³-hybridized carbons (Fsp3) is 0.444. The largest absolute Gasteiger partial charge is 0.478 e. The Morgan fingerprint density at radius 2 is 2.40 bits per heavy atom. The Morgan fingerprint density at radius 1 is 1.48 bits per heavy atom. The van der Waals surface area contributed by atoms with Crippen molar-refractivity contribution >= 4 is 11.7 Å². The van der Waals surface area contributed by atoms with Crippen LogP contribution < -0.4 is 10.1 Å². The number of amides is 1. The van der Waals surface area contributed by atoms with Crippen molar-refractivity contribution in [3.05, 3.63) is 42.5 Å². The summed E-state index contributed by atoms with van der Waals surface area (Å²) in [6.45, 7) is 3.94. The molecule has 7 heteroatoms. The molecular weight excluding hydrogens is 318 g/mol. The molecule has 7 nitrogen and oxygen atoms in total. The highest BCUT2D eigenvalue weighted by molar-refractivity contribution is 5.94. The second kappa shape index (κ2) is 6.31. The van der Waals surface area contributed by atoms with Gasteiger partial charge in [-0.1, -0.05) is 0 Å². The number of aromatic nitrogens is 3. The molecule has 1 saturated heterocycles. The summed E-state index contributed by atoms with van der Waals surface area (Å²) in [4.78, 5) is 27.1. The molecule has 2 unspecified atom stereocenters. The van der Waals surface area contributed by atoms with Crippen LogP contribution in [0.4, 0.5) is 5.82 Å². The number of carbonyl (C=O) groups excluding carboxylic acids is 1. The average Bonchev–Trinajstić information content (AvgIpc) is 2.87. The van der Waals surface area contributed by atoms with Crippen LogP contribution in [-0.2, 0) is 0 Å². The molecule has 1 aliphatic carbocycles. The number of nitrogens with zero attached hydrogens (tertiary/aromatic N) is 4. The Bertz CT molecular complexity index is 769. The van der Waals surface area contributed by atoms with E-state index in [-0.39, 0.29) is 11.4 Å². The molecule has 2 aromatic rings. The molecule has 3 heterocycles. The number of rotatable bonds is 5. The van der Waals surface area contributed by atoms with Gasteiger partial charge in [-0.3, -0.25) is 9.78 Å². The van der Waals surface area contributed by atoms with Crippen LogP contribution in [0.1, 0.15) is 30.1 Å². The Kier molecular flexibility index (Phi) is 3.99. The second-order valence-corrected chi connectivity index (χ2v) is 6.62. The van der Waals surface area contributed by atoms with Crippen LogP contribution in [0.5, 0.6) is 5.88 Å². The van der Waals surface area contributed by atoms with E-state index in [9.17, 15) is 4.79 Å². The quantitative estimate of drug-likeness (QED) is 0.897. The molecule has 0 spiro atoms. The van der Waals surface area contributed by atoms with Gasteiger partial charge in [0.15, 0.2) is 0 Å². The van der Waals surface area contributed by atoms with Crippen molar-refractivity contribution in [1.82, 2.24) is 19.9 Å². The minimum Gasteiger partial charge on any atom is -0.478 e. The number of hydrogen-bond acceptors (Lipinski definition) is 6. The maximum atomic E-state index is 12.7. The van der Waals surface area contributed by atoms with E-state index in [1.807, 2.05) is 24.0 Å². The number of ether oxygens (including phenoxy) is 1. The fourth-order valence-electron chi connectivity index (χ4n) is 3.76. The molecule has 2 aromatic heterocycles. The maximum absolute atomic E-state index is 12.7. The molecule has 2 atom stereocenters. The summed E-state index contributed by atoms with van der Waals surface area (Å²) in [5.41, 5.74) is 0.537. The van der Waals surface area contributed by atoms with E-state index >= 15 is 0 Å². The van der Waals surface area contributed by atoms with Crippen molar-refractivity contribution in [3.8, 4) is 5.88 Å². The van der Waals surface area contributed by atoms with Gasteiger partial charge < -0.3 is 15.0 Å². The Labute approximate surface area is 146 Å². The molecule has 0 bridgehead atoms.